The Labute approximate surface area is 155 Å². The summed E-state index contributed by atoms with van der Waals surface area (Å²) in [5.74, 6) is 0.187. The Morgan fingerprint density at radius 3 is 2.54 bits per heavy atom. The topological polar surface area (TPSA) is 23.6 Å². The van der Waals surface area contributed by atoms with Gasteiger partial charge in [-0.1, -0.05) is 56.3 Å². The van der Waals surface area contributed by atoms with Gasteiger partial charge in [0.1, 0.15) is 0 Å². The molecule has 0 aliphatic carbocycles. The van der Waals surface area contributed by atoms with Crippen LogP contribution in [0.1, 0.15) is 30.5 Å². The molecule has 0 atom stereocenters. The smallest absolute Gasteiger partial charge is 0.171 e. The normalized spacial score (nSPS) is 20.1. The summed E-state index contributed by atoms with van der Waals surface area (Å²) in [6.45, 7) is 6.70. The molecular formula is C23H26N2O. The number of fused-ring (bicyclic) bond motifs is 2. The highest BCUT2D eigenvalue weighted by Gasteiger charge is 2.38. The van der Waals surface area contributed by atoms with Crippen molar-refractivity contribution in [1.82, 2.24) is 4.90 Å². The SMILES string of the molecule is CN1/C(=C/C(=O)CN2CCc3ccccc3C2)C(C)(C)c2ccccc21. The van der Waals surface area contributed by atoms with Crippen molar-refractivity contribution in [3.63, 3.8) is 0 Å². The zero-order chi connectivity index (χ0) is 18.3. The van der Waals surface area contributed by atoms with Gasteiger partial charge in [0.05, 0.1) is 6.54 Å². The monoisotopic (exact) mass is 346 g/mol. The maximum atomic E-state index is 12.8. The van der Waals surface area contributed by atoms with E-state index in [2.05, 4.69) is 79.2 Å². The fraction of sp³-hybridized carbons (Fsp3) is 0.348. The number of nitrogens with zero attached hydrogens (tertiary/aromatic N) is 2. The van der Waals surface area contributed by atoms with E-state index in [1.165, 1.54) is 22.4 Å². The number of rotatable bonds is 3. The van der Waals surface area contributed by atoms with Crippen molar-refractivity contribution in [1.29, 1.82) is 0 Å². The van der Waals surface area contributed by atoms with Crippen LogP contribution in [0.3, 0.4) is 0 Å². The quantitative estimate of drug-likeness (QED) is 0.787. The van der Waals surface area contributed by atoms with E-state index in [0.717, 1.165) is 25.2 Å². The molecule has 0 spiro atoms. The molecule has 4 rings (SSSR count). The van der Waals surface area contributed by atoms with E-state index in [4.69, 9.17) is 0 Å². The lowest BCUT2D eigenvalue weighted by Gasteiger charge is -2.28. The first-order chi connectivity index (χ1) is 12.5. The van der Waals surface area contributed by atoms with Crippen molar-refractivity contribution in [3.8, 4) is 0 Å². The van der Waals surface area contributed by atoms with Crippen LogP contribution >= 0.6 is 0 Å². The molecule has 0 N–H and O–H groups in total. The number of allylic oxidation sites excluding steroid dienone is 1. The second-order valence-electron chi connectivity index (χ2n) is 7.93. The lowest BCUT2D eigenvalue weighted by atomic mass is 9.83. The number of carbonyl (C=O) groups excluding carboxylic acids is 1. The zero-order valence-electron chi connectivity index (χ0n) is 15.8. The summed E-state index contributed by atoms with van der Waals surface area (Å²) in [6.07, 6.45) is 2.89. The number of likely N-dealkylation sites (N-methyl/N-ethyl adjacent to an activating group) is 1. The molecule has 134 valence electrons. The summed E-state index contributed by atoms with van der Waals surface area (Å²) >= 11 is 0. The minimum atomic E-state index is -0.143. The predicted octanol–water partition coefficient (Wildman–Crippen LogP) is 3.93. The van der Waals surface area contributed by atoms with Crippen LogP contribution in [0.2, 0.25) is 0 Å². The molecule has 2 aromatic rings. The van der Waals surface area contributed by atoms with Gasteiger partial charge in [-0.15, -0.1) is 0 Å². The van der Waals surface area contributed by atoms with Crippen molar-refractivity contribution in [3.05, 3.63) is 77.0 Å². The van der Waals surface area contributed by atoms with Crippen molar-refractivity contribution in [2.75, 3.05) is 25.0 Å². The lowest BCUT2D eigenvalue weighted by molar-refractivity contribution is -0.116. The largest absolute Gasteiger partial charge is 0.347 e. The molecule has 0 saturated heterocycles. The number of hydrogen-bond acceptors (Lipinski definition) is 3. The van der Waals surface area contributed by atoms with Gasteiger partial charge >= 0.3 is 0 Å². The molecule has 0 fully saturated rings. The average Bonchev–Trinajstić information content (AvgIpc) is 2.83. The first kappa shape index (κ1) is 17.0. The average molecular weight is 346 g/mol. The van der Waals surface area contributed by atoms with Gasteiger partial charge in [-0.25, -0.2) is 0 Å². The van der Waals surface area contributed by atoms with E-state index < -0.39 is 0 Å². The molecule has 0 bridgehead atoms. The molecular weight excluding hydrogens is 320 g/mol. The molecule has 2 aliphatic rings. The van der Waals surface area contributed by atoms with Gasteiger partial charge in [-0.2, -0.15) is 0 Å². The van der Waals surface area contributed by atoms with Crippen LogP contribution in [0.5, 0.6) is 0 Å². The second kappa shape index (κ2) is 6.40. The molecule has 0 saturated carbocycles. The fourth-order valence-corrected chi connectivity index (χ4v) is 4.37. The number of para-hydroxylation sites is 1. The van der Waals surface area contributed by atoms with Crippen molar-refractivity contribution < 1.29 is 4.79 Å². The van der Waals surface area contributed by atoms with E-state index in [1.807, 2.05) is 6.08 Å². The van der Waals surface area contributed by atoms with Gasteiger partial charge in [-0.3, -0.25) is 9.69 Å². The van der Waals surface area contributed by atoms with Crippen molar-refractivity contribution >= 4 is 11.5 Å². The Balaban J connectivity index is 1.52. The van der Waals surface area contributed by atoms with Gasteiger partial charge in [0.2, 0.25) is 0 Å². The highest BCUT2D eigenvalue weighted by Crippen LogP contribution is 2.46. The molecule has 2 aromatic carbocycles. The Morgan fingerprint density at radius 2 is 1.77 bits per heavy atom. The van der Waals surface area contributed by atoms with Crippen molar-refractivity contribution in [2.24, 2.45) is 0 Å². The van der Waals surface area contributed by atoms with Crippen molar-refractivity contribution in [2.45, 2.75) is 32.2 Å². The third kappa shape index (κ3) is 2.86. The van der Waals surface area contributed by atoms with Gasteiger partial charge in [0.25, 0.3) is 0 Å². The maximum absolute atomic E-state index is 12.8. The van der Waals surface area contributed by atoms with Gasteiger partial charge in [0, 0.05) is 43.0 Å². The molecule has 2 aliphatic heterocycles. The summed E-state index contributed by atoms with van der Waals surface area (Å²) in [6, 6.07) is 17.0. The van der Waals surface area contributed by atoms with Crippen LogP contribution < -0.4 is 4.90 Å². The summed E-state index contributed by atoms with van der Waals surface area (Å²) in [5, 5.41) is 0. The van der Waals surface area contributed by atoms with Crippen LogP contribution in [0, 0.1) is 0 Å². The Kier molecular flexibility index (Phi) is 4.20. The standard InChI is InChI=1S/C23H26N2O/c1-23(2)20-10-6-7-11-21(20)24(3)22(23)14-19(26)16-25-13-12-17-8-4-5-9-18(17)15-25/h4-11,14H,12-13,15-16H2,1-3H3/b22-14+. The number of benzene rings is 2. The molecule has 0 aromatic heterocycles. The number of ketones is 1. The predicted molar refractivity (Wildman–Crippen MR) is 106 cm³/mol. The third-order valence-corrected chi connectivity index (χ3v) is 5.83. The molecule has 0 unspecified atom stereocenters. The maximum Gasteiger partial charge on any atom is 0.171 e. The molecule has 3 heteroatoms. The van der Waals surface area contributed by atoms with E-state index in [-0.39, 0.29) is 11.2 Å². The summed E-state index contributed by atoms with van der Waals surface area (Å²) < 4.78 is 0. The molecule has 0 radical (unpaired) electrons. The molecule has 26 heavy (non-hydrogen) atoms. The van der Waals surface area contributed by atoms with Crippen LogP contribution in [0.15, 0.2) is 60.3 Å². The summed E-state index contributed by atoms with van der Waals surface area (Å²) in [4.78, 5) is 17.2. The summed E-state index contributed by atoms with van der Waals surface area (Å²) in [7, 11) is 2.06. The van der Waals surface area contributed by atoms with Gasteiger partial charge < -0.3 is 4.90 Å². The minimum absolute atomic E-state index is 0.143. The highest BCUT2D eigenvalue weighted by molar-refractivity contribution is 5.94. The molecule has 2 heterocycles. The van der Waals surface area contributed by atoms with E-state index in [0.29, 0.717) is 6.54 Å². The molecule has 0 amide bonds. The highest BCUT2D eigenvalue weighted by atomic mass is 16.1. The van der Waals surface area contributed by atoms with E-state index in [9.17, 15) is 4.79 Å². The second-order valence-corrected chi connectivity index (χ2v) is 7.93. The molecule has 3 nitrogen and oxygen atoms in total. The van der Waals surface area contributed by atoms with Crippen LogP contribution in [-0.4, -0.2) is 30.8 Å². The Bertz CT molecular complexity index is 881. The van der Waals surface area contributed by atoms with Gasteiger partial charge in [-0.05, 0) is 29.2 Å². The minimum Gasteiger partial charge on any atom is -0.347 e. The third-order valence-electron chi connectivity index (χ3n) is 5.83. The Hall–Kier alpha value is -2.39. The van der Waals surface area contributed by atoms with Crippen LogP contribution in [0.25, 0.3) is 0 Å². The van der Waals surface area contributed by atoms with E-state index in [1.54, 1.807) is 0 Å². The van der Waals surface area contributed by atoms with Gasteiger partial charge in [0.15, 0.2) is 5.78 Å². The first-order valence-electron chi connectivity index (χ1n) is 9.34. The number of carbonyl (C=O) groups is 1. The summed E-state index contributed by atoms with van der Waals surface area (Å²) in [5.41, 5.74) is 6.19. The number of hydrogen-bond donors (Lipinski definition) is 0. The zero-order valence-corrected chi connectivity index (χ0v) is 15.8. The lowest BCUT2D eigenvalue weighted by Crippen LogP contribution is -2.35. The Morgan fingerprint density at radius 1 is 1.08 bits per heavy atom. The van der Waals surface area contributed by atoms with Crippen LogP contribution in [-0.2, 0) is 23.2 Å². The fourth-order valence-electron chi connectivity index (χ4n) is 4.37. The van der Waals surface area contributed by atoms with E-state index >= 15 is 0 Å². The first-order valence-corrected chi connectivity index (χ1v) is 9.34. The number of anilines is 1. The van der Waals surface area contributed by atoms with Crippen LogP contribution in [0.4, 0.5) is 5.69 Å².